The molecule has 3 aliphatic rings. The van der Waals surface area contributed by atoms with E-state index in [-0.39, 0.29) is 24.4 Å². The van der Waals surface area contributed by atoms with Gasteiger partial charge in [0.05, 0.1) is 18.6 Å². The molecule has 0 unspecified atom stereocenters. The highest BCUT2D eigenvalue weighted by atomic mass is 16.2. The maximum Gasteiger partial charge on any atom is 0.246 e. The molecule has 1 atom stereocenters. The summed E-state index contributed by atoms with van der Waals surface area (Å²) in [4.78, 5) is 32.7. The smallest absolute Gasteiger partial charge is 0.246 e. The molecule has 0 aromatic carbocycles. The van der Waals surface area contributed by atoms with Crippen molar-refractivity contribution in [2.75, 3.05) is 13.1 Å². The minimum atomic E-state index is -0.220. The predicted molar refractivity (Wildman–Crippen MR) is 84.5 cm³/mol. The topological polar surface area (TPSA) is 58.4 Å². The zero-order valence-corrected chi connectivity index (χ0v) is 13.5. The minimum Gasteiger partial charge on any atom is -0.330 e. The number of hydrogen-bond acceptors (Lipinski definition) is 3. The van der Waals surface area contributed by atoms with E-state index in [2.05, 4.69) is 9.55 Å². The lowest BCUT2D eigenvalue weighted by atomic mass is 9.95. The van der Waals surface area contributed by atoms with Gasteiger partial charge < -0.3 is 14.4 Å². The summed E-state index contributed by atoms with van der Waals surface area (Å²) >= 11 is 0. The van der Waals surface area contributed by atoms with Gasteiger partial charge in [-0.05, 0) is 25.7 Å². The van der Waals surface area contributed by atoms with Gasteiger partial charge in [0, 0.05) is 18.8 Å². The molecular weight excluding hydrogens is 292 g/mol. The van der Waals surface area contributed by atoms with E-state index in [4.69, 9.17) is 0 Å². The van der Waals surface area contributed by atoms with E-state index in [1.807, 2.05) is 12.5 Å². The van der Waals surface area contributed by atoms with Gasteiger partial charge in [0.1, 0.15) is 12.6 Å². The largest absolute Gasteiger partial charge is 0.330 e. The fourth-order valence-electron chi connectivity index (χ4n) is 4.34. The number of carbonyl (C=O) groups is 2. The molecule has 4 rings (SSSR count). The second kappa shape index (κ2) is 5.98. The average molecular weight is 316 g/mol. The molecule has 1 saturated carbocycles. The highest BCUT2D eigenvalue weighted by Gasteiger charge is 2.42. The number of amides is 2. The number of aromatic nitrogens is 2. The van der Waals surface area contributed by atoms with Gasteiger partial charge in [-0.15, -0.1) is 0 Å². The van der Waals surface area contributed by atoms with Crippen molar-refractivity contribution < 1.29 is 9.59 Å². The molecule has 124 valence electrons. The Morgan fingerprint density at radius 2 is 1.91 bits per heavy atom. The Hall–Kier alpha value is -1.85. The maximum atomic E-state index is 12.7. The summed E-state index contributed by atoms with van der Waals surface area (Å²) in [6.07, 6.45) is 11.7. The molecule has 3 heterocycles. The van der Waals surface area contributed by atoms with Gasteiger partial charge in [-0.25, -0.2) is 4.98 Å². The summed E-state index contributed by atoms with van der Waals surface area (Å²) in [5.41, 5.74) is 1.06. The van der Waals surface area contributed by atoms with Gasteiger partial charge in [-0.2, -0.15) is 0 Å². The quantitative estimate of drug-likeness (QED) is 0.853. The lowest BCUT2D eigenvalue weighted by Gasteiger charge is -2.36. The Morgan fingerprint density at radius 1 is 1.09 bits per heavy atom. The van der Waals surface area contributed by atoms with Gasteiger partial charge in [0.25, 0.3) is 0 Å². The molecule has 6 nitrogen and oxygen atoms in total. The molecule has 1 aromatic heterocycles. The van der Waals surface area contributed by atoms with Crippen LogP contribution in [-0.2, 0) is 16.1 Å². The molecule has 1 aromatic rings. The van der Waals surface area contributed by atoms with Crippen LogP contribution in [-0.4, -0.2) is 50.3 Å². The molecule has 3 fully saturated rings. The van der Waals surface area contributed by atoms with E-state index < -0.39 is 0 Å². The van der Waals surface area contributed by atoms with E-state index in [1.165, 1.54) is 32.1 Å². The third kappa shape index (κ3) is 2.64. The van der Waals surface area contributed by atoms with Crippen molar-refractivity contribution in [3.63, 3.8) is 0 Å². The first-order valence-electron chi connectivity index (χ1n) is 8.83. The van der Waals surface area contributed by atoms with Gasteiger partial charge in [0.15, 0.2) is 0 Å². The molecule has 1 aliphatic carbocycles. The first-order chi connectivity index (χ1) is 11.2. The van der Waals surface area contributed by atoms with Crippen LogP contribution in [0.3, 0.4) is 0 Å². The number of piperazine rings is 1. The van der Waals surface area contributed by atoms with Gasteiger partial charge in [-0.1, -0.05) is 19.3 Å². The Balaban J connectivity index is 1.51. The standard InChI is InChI=1S/C17H24N4O2/c22-16-11-19(17(23)15-7-4-8-20(15)16)10-14-9-18-12-21(14)13-5-2-1-3-6-13/h9,12-13,15H,1-8,10-11H2/t15-/m0/s1. The molecule has 0 spiro atoms. The first kappa shape index (κ1) is 14.7. The molecular formula is C17H24N4O2. The van der Waals surface area contributed by atoms with Crippen LogP contribution in [0, 0.1) is 0 Å². The SMILES string of the molecule is O=C1[C@@H]2CCCN2C(=O)CN1Cc1cncn1C1CCCCC1. The highest BCUT2D eigenvalue weighted by molar-refractivity contribution is 5.95. The molecule has 0 N–H and O–H groups in total. The summed E-state index contributed by atoms with van der Waals surface area (Å²) in [6.45, 7) is 1.46. The fourth-order valence-corrected chi connectivity index (χ4v) is 4.34. The fraction of sp³-hybridized carbons (Fsp3) is 0.706. The van der Waals surface area contributed by atoms with Crippen LogP contribution >= 0.6 is 0 Å². The van der Waals surface area contributed by atoms with E-state index in [0.29, 0.717) is 12.6 Å². The number of fused-ring (bicyclic) bond motifs is 1. The molecule has 2 amide bonds. The summed E-state index contributed by atoms with van der Waals surface area (Å²) < 4.78 is 2.23. The Kier molecular flexibility index (Phi) is 3.83. The Morgan fingerprint density at radius 3 is 2.74 bits per heavy atom. The van der Waals surface area contributed by atoms with Crippen LogP contribution in [0.25, 0.3) is 0 Å². The molecule has 2 saturated heterocycles. The van der Waals surface area contributed by atoms with Crippen LogP contribution in [0.1, 0.15) is 56.7 Å². The van der Waals surface area contributed by atoms with E-state index in [1.54, 1.807) is 9.80 Å². The number of rotatable bonds is 3. The van der Waals surface area contributed by atoms with Crippen molar-refractivity contribution in [1.29, 1.82) is 0 Å². The molecule has 0 radical (unpaired) electrons. The van der Waals surface area contributed by atoms with Crippen molar-refractivity contribution in [3.8, 4) is 0 Å². The van der Waals surface area contributed by atoms with Crippen molar-refractivity contribution in [2.45, 2.75) is 63.6 Å². The van der Waals surface area contributed by atoms with Gasteiger partial charge in [-0.3, -0.25) is 9.59 Å². The van der Waals surface area contributed by atoms with Crippen molar-refractivity contribution >= 4 is 11.8 Å². The summed E-state index contributed by atoms with van der Waals surface area (Å²) in [5, 5.41) is 0. The van der Waals surface area contributed by atoms with Crippen LogP contribution in [0.15, 0.2) is 12.5 Å². The van der Waals surface area contributed by atoms with Crippen molar-refractivity contribution in [2.24, 2.45) is 0 Å². The first-order valence-corrected chi connectivity index (χ1v) is 8.83. The molecule has 6 heteroatoms. The second-order valence-electron chi connectivity index (χ2n) is 7.02. The summed E-state index contributed by atoms with van der Waals surface area (Å²) in [5.74, 6) is 0.203. The second-order valence-corrected chi connectivity index (χ2v) is 7.02. The van der Waals surface area contributed by atoms with Crippen LogP contribution in [0.5, 0.6) is 0 Å². The average Bonchev–Trinajstić information content (AvgIpc) is 3.23. The normalized spacial score (nSPS) is 26.0. The van der Waals surface area contributed by atoms with Crippen LogP contribution in [0.2, 0.25) is 0 Å². The zero-order chi connectivity index (χ0) is 15.8. The van der Waals surface area contributed by atoms with E-state index >= 15 is 0 Å². The Labute approximate surface area is 136 Å². The van der Waals surface area contributed by atoms with Gasteiger partial charge in [0.2, 0.25) is 11.8 Å². The number of nitrogens with zero attached hydrogens (tertiary/aromatic N) is 4. The highest BCUT2D eigenvalue weighted by Crippen LogP contribution is 2.30. The number of carbonyl (C=O) groups excluding carboxylic acids is 2. The molecule has 0 bridgehead atoms. The number of hydrogen-bond donors (Lipinski definition) is 0. The third-order valence-electron chi connectivity index (χ3n) is 5.56. The van der Waals surface area contributed by atoms with E-state index in [9.17, 15) is 9.59 Å². The van der Waals surface area contributed by atoms with Crippen molar-refractivity contribution in [1.82, 2.24) is 19.4 Å². The molecule has 23 heavy (non-hydrogen) atoms. The zero-order valence-electron chi connectivity index (χ0n) is 13.5. The molecule has 2 aliphatic heterocycles. The monoisotopic (exact) mass is 316 g/mol. The van der Waals surface area contributed by atoms with E-state index in [0.717, 1.165) is 25.1 Å². The Bertz CT molecular complexity index is 605. The van der Waals surface area contributed by atoms with Crippen LogP contribution < -0.4 is 0 Å². The lowest BCUT2D eigenvalue weighted by molar-refractivity contribution is -0.154. The summed E-state index contributed by atoms with van der Waals surface area (Å²) in [6, 6.07) is 0.280. The minimum absolute atomic E-state index is 0.0934. The number of imidazole rings is 1. The van der Waals surface area contributed by atoms with Crippen molar-refractivity contribution in [3.05, 3.63) is 18.2 Å². The maximum absolute atomic E-state index is 12.7. The van der Waals surface area contributed by atoms with Gasteiger partial charge >= 0.3 is 0 Å². The lowest BCUT2D eigenvalue weighted by Crippen LogP contribution is -2.57. The van der Waals surface area contributed by atoms with Crippen LogP contribution in [0.4, 0.5) is 0 Å². The predicted octanol–water partition coefficient (Wildman–Crippen LogP) is 1.72. The third-order valence-corrected chi connectivity index (χ3v) is 5.56. The summed E-state index contributed by atoms with van der Waals surface area (Å²) in [7, 11) is 0.